The maximum Gasteiger partial charge on any atom is 0.338 e. The zero-order valence-corrected chi connectivity index (χ0v) is 11.3. The largest absolute Gasteiger partial charge is 0.462 e. The SMILES string of the molecule is CCCC(N)C(=O)Nc1ccc(C(=O)OCC)cc1. The number of hydrogen-bond acceptors (Lipinski definition) is 4. The Morgan fingerprint density at radius 2 is 1.89 bits per heavy atom. The van der Waals surface area contributed by atoms with E-state index in [2.05, 4.69) is 5.32 Å². The van der Waals surface area contributed by atoms with Gasteiger partial charge in [-0.15, -0.1) is 0 Å². The quantitative estimate of drug-likeness (QED) is 0.769. The van der Waals surface area contributed by atoms with Crippen molar-refractivity contribution < 1.29 is 14.3 Å². The highest BCUT2D eigenvalue weighted by molar-refractivity contribution is 5.95. The van der Waals surface area contributed by atoms with Crippen molar-refractivity contribution >= 4 is 17.6 Å². The first-order valence-corrected chi connectivity index (χ1v) is 6.42. The van der Waals surface area contributed by atoms with Crippen molar-refractivity contribution in [2.75, 3.05) is 11.9 Å². The van der Waals surface area contributed by atoms with Crippen LogP contribution in [0.4, 0.5) is 5.69 Å². The van der Waals surface area contributed by atoms with Gasteiger partial charge in [0.15, 0.2) is 0 Å². The first-order valence-electron chi connectivity index (χ1n) is 6.42. The molecular weight excluding hydrogens is 244 g/mol. The van der Waals surface area contributed by atoms with Crippen molar-refractivity contribution in [2.24, 2.45) is 5.73 Å². The number of ether oxygens (including phenoxy) is 1. The predicted octanol–water partition coefficient (Wildman–Crippen LogP) is 1.93. The highest BCUT2D eigenvalue weighted by Crippen LogP contribution is 2.11. The molecule has 0 heterocycles. The van der Waals surface area contributed by atoms with Gasteiger partial charge in [0.25, 0.3) is 0 Å². The molecule has 19 heavy (non-hydrogen) atoms. The normalized spacial score (nSPS) is 11.7. The van der Waals surface area contributed by atoms with Crippen molar-refractivity contribution in [3.05, 3.63) is 29.8 Å². The molecule has 3 N–H and O–H groups in total. The summed E-state index contributed by atoms with van der Waals surface area (Å²) in [7, 11) is 0. The average molecular weight is 264 g/mol. The summed E-state index contributed by atoms with van der Waals surface area (Å²) in [4.78, 5) is 23.1. The number of hydrogen-bond donors (Lipinski definition) is 2. The Hall–Kier alpha value is -1.88. The number of nitrogens with two attached hydrogens (primary N) is 1. The Morgan fingerprint density at radius 1 is 1.26 bits per heavy atom. The van der Waals surface area contributed by atoms with Gasteiger partial charge < -0.3 is 15.8 Å². The molecule has 1 aromatic rings. The summed E-state index contributed by atoms with van der Waals surface area (Å²) in [6, 6.07) is 6.03. The number of carbonyl (C=O) groups is 2. The lowest BCUT2D eigenvalue weighted by Crippen LogP contribution is -2.35. The highest BCUT2D eigenvalue weighted by Gasteiger charge is 2.12. The number of benzene rings is 1. The molecule has 1 aromatic carbocycles. The number of esters is 1. The number of nitrogens with one attached hydrogen (secondary N) is 1. The van der Waals surface area contributed by atoms with E-state index in [0.717, 1.165) is 6.42 Å². The van der Waals surface area contributed by atoms with Gasteiger partial charge in [-0.2, -0.15) is 0 Å². The van der Waals surface area contributed by atoms with E-state index < -0.39 is 6.04 Å². The predicted molar refractivity (Wildman–Crippen MR) is 73.9 cm³/mol. The minimum absolute atomic E-state index is 0.217. The average Bonchev–Trinajstić information content (AvgIpc) is 2.40. The summed E-state index contributed by atoms with van der Waals surface area (Å²) < 4.78 is 4.87. The van der Waals surface area contributed by atoms with Crippen LogP contribution in [0.25, 0.3) is 0 Å². The molecule has 0 aromatic heterocycles. The summed E-state index contributed by atoms with van der Waals surface area (Å²) in [5, 5.41) is 2.71. The lowest BCUT2D eigenvalue weighted by atomic mass is 10.1. The highest BCUT2D eigenvalue weighted by atomic mass is 16.5. The molecular formula is C14H20N2O3. The minimum atomic E-state index is -0.505. The number of amides is 1. The smallest absolute Gasteiger partial charge is 0.338 e. The van der Waals surface area contributed by atoms with E-state index in [1.807, 2.05) is 6.92 Å². The molecule has 0 aliphatic carbocycles. The van der Waals surface area contributed by atoms with E-state index in [9.17, 15) is 9.59 Å². The molecule has 1 unspecified atom stereocenters. The zero-order valence-electron chi connectivity index (χ0n) is 11.3. The fraction of sp³-hybridized carbons (Fsp3) is 0.429. The minimum Gasteiger partial charge on any atom is -0.462 e. The van der Waals surface area contributed by atoms with Gasteiger partial charge in [-0.25, -0.2) is 4.79 Å². The molecule has 104 valence electrons. The zero-order chi connectivity index (χ0) is 14.3. The second-order valence-corrected chi connectivity index (χ2v) is 4.18. The van der Waals surface area contributed by atoms with Crippen molar-refractivity contribution in [3.63, 3.8) is 0 Å². The van der Waals surface area contributed by atoms with Crippen LogP contribution in [-0.4, -0.2) is 24.5 Å². The molecule has 0 saturated heterocycles. The van der Waals surface area contributed by atoms with Gasteiger partial charge in [0.1, 0.15) is 0 Å². The van der Waals surface area contributed by atoms with Gasteiger partial charge in [-0.3, -0.25) is 4.79 Å². The van der Waals surface area contributed by atoms with Crippen LogP contribution in [0.2, 0.25) is 0 Å². The Morgan fingerprint density at radius 3 is 2.42 bits per heavy atom. The topological polar surface area (TPSA) is 81.4 Å². The summed E-state index contributed by atoms with van der Waals surface area (Å²) in [6.45, 7) is 4.06. The van der Waals surface area contributed by atoms with Crippen molar-refractivity contribution in [1.29, 1.82) is 0 Å². The Labute approximate surface area is 113 Å². The summed E-state index contributed by atoms with van der Waals surface area (Å²) >= 11 is 0. The van der Waals surface area contributed by atoms with Gasteiger partial charge in [-0.1, -0.05) is 13.3 Å². The number of anilines is 1. The second-order valence-electron chi connectivity index (χ2n) is 4.18. The van der Waals surface area contributed by atoms with E-state index in [1.54, 1.807) is 31.2 Å². The standard InChI is InChI=1S/C14H20N2O3/c1-3-5-12(15)13(17)16-11-8-6-10(7-9-11)14(18)19-4-2/h6-9,12H,3-5,15H2,1-2H3,(H,16,17). The van der Waals surface area contributed by atoms with Crippen LogP contribution in [-0.2, 0) is 9.53 Å². The Balaban J connectivity index is 2.62. The molecule has 0 saturated carbocycles. The molecule has 5 nitrogen and oxygen atoms in total. The summed E-state index contributed by atoms with van der Waals surface area (Å²) in [5.74, 6) is -0.589. The van der Waals surface area contributed by atoms with Crippen molar-refractivity contribution in [2.45, 2.75) is 32.7 Å². The molecule has 0 bridgehead atoms. The molecule has 0 aliphatic heterocycles. The molecule has 1 atom stereocenters. The maximum atomic E-state index is 11.7. The van der Waals surface area contributed by atoms with Gasteiger partial charge in [0.05, 0.1) is 18.2 Å². The molecule has 1 amide bonds. The van der Waals surface area contributed by atoms with E-state index in [4.69, 9.17) is 10.5 Å². The van der Waals surface area contributed by atoms with Gasteiger partial charge in [0, 0.05) is 5.69 Å². The van der Waals surface area contributed by atoms with Crippen LogP contribution in [0.5, 0.6) is 0 Å². The molecule has 0 aliphatic rings. The fourth-order valence-electron chi connectivity index (χ4n) is 1.58. The van der Waals surface area contributed by atoms with Crippen LogP contribution in [0.15, 0.2) is 24.3 Å². The fourth-order valence-corrected chi connectivity index (χ4v) is 1.58. The molecule has 5 heteroatoms. The van der Waals surface area contributed by atoms with E-state index in [0.29, 0.717) is 24.3 Å². The molecule has 1 rings (SSSR count). The van der Waals surface area contributed by atoms with Crippen LogP contribution in [0, 0.1) is 0 Å². The first kappa shape index (κ1) is 15.2. The van der Waals surface area contributed by atoms with Gasteiger partial charge >= 0.3 is 5.97 Å². The second kappa shape index (κ2) is 7.53. The van der Waals surface area contributed by atoms with Crippen molar-refractivity contribution in [1.82, 2.24) is 0 Å². The van der Waals surface area contributed by atoms with E-state index >= 15 is 0 Å². The van der Waals surface area contributed by atoms with E-state index in [-0.39, 0.29) is 11.9 Å². The van der Waals surface area contributed by atoms with Crippen LogP contribution < -0.4 is 11.1 Å². The Kier molecular flexibility index (Phi) is 6.02. The lowest BCUT2D eigenvalue weighted by molar-refractivity contribution is -0.117. The molecule has 0 fully saturated rings. The van der Waals surface area contributed by atoms with Gasteiger partial charge in [0.2, 0.25) is 5.91 Å². The third kappa shape index (κ3) is 4.71. The van der Waals surface area contributed by atoms with Crippen LogP contribution >= 0.6 is 0 Å². The number of carbonyl (C=O) groups excluding carboxylic acids is 2. The monoisotopic (exact) mass is 264 g/mol. The number of rotatable bonds is 6. The third-order valence-corrected chi connectivity index (χ3v) is 2.60. The Bertz CT molecular complexity index is 429. The van der Waals surface area contributed by atoms with E-state index in [1.165, 1.54) is 0 Å². The van der Waals surface area contributed by atoms with Crippen LogP contribution in [0.1, 0.15) is 37.0 Å². The summed E-state index contributed by atoms with van der Waals surface area (Å²) in [6.07, 6.45) is 1.50. The first-order chi connectivity index (χ1) is 9.08. The third-order valence-electron chi connectivity index (χ3n) is 2.60. The summed E-state index contributed by atoms with van der Waals surface area (Å²) in [5.41, 5.74) is 6.78. The van der Waals surface area contributed by atoms with Crippen LogP contribution in [0.3, 0.4) is 0 Å². The molecule has 0 spiro atoms. The van der Waals surface area contributed by atoms with Crippen molar-refractivity contribution in [3.8, 4) is 0 Å². The lowest BCUT2D eigenvalue weighted by Gasteiger charge is -2.11. The molecule has 0 radical (unpaired) electrons. The van der Waals surface area contributed by atoms with Gasteiger partial charge in [-0.05, 0) is 37.6 Å². The maximum absolute atomic E-state index is 11.7.